The molecule has 4 rings (SSSR count). The number of nitrogens with zero attached hydrogens (tertiary/aromatic N) is 3. The molecule has 1 heterocycles. The number of halogens is 1. The Morgan fingerprint density at radius 1 is 0.966 bits per heavy atom. The number of hydrogen-bond acceptors (Lipinski definition) is 3. The Hall–Kier alpha value is -3.25. The summed E-state index contributed by atoms with van der Waals surface area (Å²) in [5, 5.41) is 7.41. The molecule has 1 N–H and O–H groups in total. The summed E-state index contributed by atoms with van der Waals surface area (Å²) in [5.74, 6) is 0.386. The van der Waals surface area contributed by atoms with E-state index in [1.54, 1.807) is 4.68 Å². The van der Waals surface area contributed by atoms with Crippen molar-refractivity contribution in [1.29, 1.82) is 0 Å². The molecule has 0 unspecified atom stereocenters. The molecule has 0 saturated carbocycles. The average molecular weight is 447 g/mol. The molecular weight excluding hydrogens is 428 g/mol. The number of rotatable bonds is 4. The number of amides is 1. The molecule has 1 aromatic heterocycles. The van der Waals surface area contributed by atoms with E-state index in [4.69, 9.17) is 0 Å². The molecule has 6 heteroatoms. The van der Waals surface area contributed by atoms with Crippen LogP contribution in [0, 0.1) is 13.8 Å². The van der Waals surface area contributed by atoms with Crippen LogP contribution in [0.5, 0.6) is 0 Å². The van der Waals surface area contributed by atoms with Gasteiger partial charge in [-0.15, -0.1) is 5.10 Å². The van der Waals surface area contributed by atoms with Gasteiger partial charge in [-0.1, -0.05) is 64.0 Å². The monoisotopic (exact) mass is 446 g/mol. The van der Waals surface area contributed by atoms with Crippen molar-refractivity contribution in [2.24, 2.45) is 0 Å². The highest BCUT2D eigenvalue weighted by molar-refractivity contribution is 9.10. The highest BCUT2D eigenvalue weighted by Gasteiger charge is 2.20. The van der Waals surface area contributed by atoms with Gasteiger partial charge in [0.05, 0.1) is 5.69 Å². The van der Waals surface area contributed by atoms with E-state index < -0.39 is 0 Å². The van der Waals surface area contributed by atoms with Crippen molar-refractivity contribution >= 4 is 27.5 Å². The van der Waals surface area contributed by atoms with Crippen molar-refractivity contribution in [3.63, 3.8) is 0 Å². The van der Waals surface area contributed by atoms with Crippen LogP contribution >= 0.6 is 15.9 Å². The molecule has 1 amide bonds. The van der Waals surface area contributed by atoms with Gasteiger partial charge in [-0.25, -0.2) is 9.67 Å². The maximum Gasteiger partial charge on any atom is 0.295 e. The van der Waals surface area contributed by atoms with Crippen LogP contribution in [-0.4, -0.2) is 20.7 Å². The molecule has 0 bridgehead atoms. The minimum Gasteiger partial charge on any atom is -0.319 e. The van der Waals surface area contributed by atoms with Gasteiger partial charge >= 0.3 is 0 Å². The van der Waals surface area contributed by atoms with Crippen molar-refractivity contribution in [2.45, 2.75) is 13.8 Å². The van der Waals surface area contributed by atoms with E-state index in [1.165, 1.54) is 0 Å². The van der Waals surface area contributed by atoms with E-state index in [9.17, 15) is 4.79 Å². The highest BCUT2D eigenvalue weighted by Crippen LogP contribution is 2.24. The molecule has 29 heavy (non-hydrogen) atoms. The number of hydrogen-bond donors (Lipinski definition) is 1. The Kier molecular flexibility index (Phi) is 5.27. The molecule has 0 fully saturated rings. The molecule has 0 atom stereocenters. The summed E-state index contributed by atoms with van der Waals surface area (Å²) in [5.41, 5.74) is 4.63. The predicted octanol–water partition coefficient (Wildman–Crippen LogP) is 5.57. The molecule has 0 aliphatic heterocycles. The third-order valence-corrected chi connectivity index (χ3v) is 5.01. The zero-order valence-corrected chi connectivity index (χ0v) is 17.6. The number of aromatic nitrogens is 3. The molecule has 0 spiro atoms. The predicted molar refractivity (Wildman–Crippen MR) is 118 cm³/mol. The van der Waals surface area contributed by atoms with Gasteiger partial charge in [0.15, 0.2) is 5.82 Å². The topological polar surface area (TPSA) is 59.8 Å². The lowest BCUT2D eigenvalue weighted by molar-refractivity contribution is 0.101. The summed E-state index contributed by atoms with van der Waals surface area (Å²) in [4.78, 5) is 17.4. The van der Waals surface area contributed by atoms with E-state index in [0.29, 0.717) is 11.5 Å². The SMILES string of the molecule is Cc1cccc(-c2nc(C(=O)Nc3cccc(Br)c3)nn2-c2ccccc2C)c1. The van der Waals surface area contributed by atoms with Crippen LogP contribution in [0.25, 0.3) is 17.1 Å². The minimum atomic E-state index is -0.357. The molecule has 0 radical (unpaired) electrons. The number of para-hydroxylation sites is 1. The van der Waals surface area contributed by atoms with E-state index in [1.807, 2.05) is 86.6 Å². The first-order valence-electron chi connectivity index (χ1n) is 9.18. The lowest BCUT2D eigenvalue weighted by Crippen LogP contribution is -2.14. The first-order chi connectivity index (χ1) is 14.0. The van der Waals surface area contributed by atoms with Crippen LogP contribution in [0.3, 0.4) is 0 Å². The number of aryl methyl sites for hydroxylation is 2. The first kappa shape index (κ1) is 19.1. The first-order valence-corrected chi connectivity index (χ1v) is 9.97. The molecule has 144 valence electrons. The van der Waals surface area contributed by atoms with Gasteiger partial charge in [0.25, 0.3) is 5.91 Å². The quantitative estimate of drug-likeness (QED) is 0.445. The minimum absolute atomic E-state index is 0.115. The molecule has 3 aromatic carbocycles. The van der Waals surface area contributed by atoms with Crippen molar-refractivity contribution in [1.82, 2.24) is 14.8 Å². The number of carbonyl (C=O) groups is 1. The Morgan fingerprint density at radius 2 is 1.76 bits per heavy atom. The van der Waals surface area contributed by atoms with Crippen LogP contribution in [0.15, 0.2) is 77.3 Å². The summed E-state index contributed by atoms with van der Waals surface area (Å²) in [7, 11) is 0. The average Bonchev–Trinajstić information content (AvgIpc) is 3.14. The number of carbonyl (C=O) groups excluding carboxylic acids is 1. The molecular formula is C23H19BrN4O. The fourth-order valence-corrected chi connectivity index (χ4v) is 3.50. The molecule has 0 aliphatic rings. The van der Waals surface area contributed by atoms with Gasteiger partial charge in [-0.2, -0.15) is 0 Å². The molecule has 4 aromatic rings. The van der Waals surface area contributed by atoms with Crippen LogP contribution < -0.4 is 5.32 Å². The third-order valence-electron chi connectivity index (χ3n) is 4.51. The maximum atomic E-state index is 12.8. The van der Waals surface area contributed by atoms with Gasteiger partial charge in [0.1, 0.15) is 0 Å². The van der Waals surface area contributed by atoms with Crippen molar-refractivity contribution < 1.29 is 4.79 Å². The van der Waals surface area contributed by atoms with E-state index in [2.05, 4.69) is 31.3 Å². The van der Waals surface area contributed by atoms with Crippen LogP contribution in [0.4, 0.5) is 5.69 Å². The van der Waals surface area contributed by atoms with E-state index >= 15 is 0 Å². The van der Waals surface area contributed by atoms with Crippen molar-refractivity contribution in [3.8, 4) is 17.1 Å². The van der Waals surface area contributed by atoms with Crippen molar-refractivity contribution in [3.05, 3.63) is 94.2 Å². The Bertz CT molecular complexity index is 1200. The second-order valence-electron chi connectivity index (χ2n) is 6.79. The van der Waals surface area contributed by atoms with Gasteiger partial charge in [-0.3, -0.25) is 4.79 Å². The zero-order chi connectivity index (χ0) is 20.4. The summed E-state index contributed by atoms with van der Waals surface area (Å²) in [6, 6.07) is 23.3. The number of nitrogens with one attached hydrogen (secondary N) is 1. The summed E-state index contributed by atoms with van der Waals surface area (Å²) >= 11 is 3.41. The second kappa shape index (κ2) is 8.01. The maximum absolute atomic E-state index is 12.8. The summed E-state index contributed by atoms with van der Waals surface area (Å²) in [6.45, 7) is 4.04. The fourth-order valence-electron chi connectivity index (χ4n) is 3.10. The van der Waals surface area contributed by atoms with Crippen molar-refractivity contribution in [2.75, 3.05) is 5.32 Å². The summed E-state index contributed by atoms with van der Waals surface area (Å²) in [6.07, 6.45) is 0. The van der Waals surface area contributed by atoms with Gasteiger partial charge in [-0.05, 0) is 49.7 Å². The van der Waals surface area contributed by atoms with Gasteiger partial charge < -0.3 is 5.32 Å². The van der Waals surface area contributed by atoms with Gasteiger partial charge in [0, 0.05) is 15.7 Å². The van der Waals surface area contributed by atoms with Crippen LogP contribution in [-0.2, 0) is 0 Å². The number of benzene rings is 3. The Balaban J connectivity index is 1.79. The molecule has 0 aliphatic carbocycles. The Labute approximate surface area is 177 Å². The number of anilines is 1. The third kappa shape index (κ3) is 4.12. The van der Waals surface area contributed by atoms with Gasteiger partial charge in [0.2, 0.25) is 5.82 Å². The fraction of sp³-hybridized carbons (Fsp3) is 0.0870. The van der Waals surface area contributed by atoms with E-state index in [-0.39, 0.29) is 11.7 Å². The Morgan fingerprint density at radius 3 is 2.52 bits per heavy atom. The lowest BCUT2D eigenvalue weighted by atomic mass is 10.1. The smallest absolute Gasteiger partial charge is 0.295 e. The largest absolute Gasteiger partial charge is 0.319 e. The lowest BCUT2D eigenvalue weighted by Gasteiger charge is -2.09. The summed E-state index contributed by atoms with van der Waals surface area (Å²) < 4.78 is 2.62. The highest BCUT2D eigenvalue weighted by atomic mass is 79.9. The molecule has 0 saturated heterocycles. The van der Waals surface area contributed by atoms with E-state index in [0.717, 1.165) is 26.9 Å². The zero-order valence-electron chi connectivity index (χ0n) is 16.1. The normalized spacial score (nSPS) is 10.7. The second-order valence-corrected chi connectivity index (χ2v) is 7.71. The standard InChI is InChI=1S/C23H19BrN4O/c1-15-7-5-9-17(13-15)22-26-21(23(29)25-19-11-6-10-18(24)14-19)27-28(22)20-12-4-3-8-16(20)2/h3-14H,1-2H3,(H,25,29). The molecule has 5 nitrogen and oxygen atoms in total. The van der Waals surface area contributed by atoms with Crippen LogP contribution in [0.1, 0.15) is 21.7 Å². The van der Waals surface area contributed by atoms with Crippen LogP contribution in [0.2, 0.25) is 0 Å².